The number of unbranched alkanes of at least 4 members (excludes halogenated alkanes) is 1. The number of aliphatic hydroxyl groups excluding tert-OH is 2. The highest BCUT2D eigenvalue weighted by molar-refractivity contribution is 5.07. The molecule has 17 heavy (non-hydrogen) atoms. The van der Waals surface area contributed by atoms with Gasteiger partial charge in [-0.3, -0.25) is 0 Å². The molecule has 7 atom stereocenters. The second-order valence-electron chi connectivity index (χ2n) is 4.96. The molecule has 4 bridgehead atoms. The molecule has 3 saturated heterocycles. The van der Waals surface area contributed by atoms with E-state index in [4.69, 9.17) is 14.2 Å². The Labute approximate surface area is 98.5 Å². The molecule has 5 nitrogen and oxygen atoms in total. The lowest BCUT2D eigenvalue weighted by molar-refractivity contribution is -0.535. The number of halogens is 1. The van der Waals surface area contributed by atoms with Crippen LogP contribution in [-0.4, -0.2) is 52.9 Å². The third-order valence-corrected chi connectivity index (χ3v) is 3.76. The molecule has 0 spiro atoms. The average Bonchev–Trinajstić information content (AvgIpc) is 2.33. The van der Waals surface area contributed by atoms with Crippen molar-refractivity contribution < 1.29 is 28.8 Å². The normalized spacial score (nSPS) is 56.5. The van der Waals surface area contributed by atoms with E-state index >= 15 is 0 Å². The highest BCUT2D eigenvalue weighted by Crippen LogP contribution is 2.48. The summed E-state index contributed by atoms with van der Waals surface area (Å²) in [6.45, 7) is 2.02. The Morgan fingerprint density at radius 3 is 2.12 bits per heavy atom. The van der Waals surface area contributed by atoms with Crippen LogP contribution in [0.25, 0.3) is 0 Å². The molecule has 3 unspecified atom stereocenters. The molecule has 0 aromatic carbocycles. The smallest absolute Gasteiger partial charge is 0.284 e. The van der Waals surface area contributed by atoms with Crippen molar-refractivity contribution in [2.45, 2.75) is 68.9 Å². The Morgan fingerprint density at radius 2 is 1.59 bits per heavy atom. The molecule has 3 heterocycles. The largest absolute Gasteiger partial charge is 0.387 e. The molecule has 3 aliphatic heterocycles. The van der Waals surface area contributed by atoms with E-state index in [1.807, 2.05) is 6.92 Å². The summed E-state index contributed by atoms with van der Waals surface area (Å²) < 4.78 is 30.1. The lowest BCUT2D eigenvalue weighted by atomic mass is 9.82. The minimum atomic E-state index is -1.50. The molecule has 4 fully saturated rings. The van der Waals surface area contributed by atoms with Gasteiger partial charge in [0.1, 0.15) is 30.5 Å². The van der Waals surface area contributed by atoms with E-state index in [1.165, 1.54) is 0 Å². The predicted molar refractivity (Wildman–Crippen MR) is 53.8 cm³/mol. The van der Waals surface area contributed by atoms with Crippen molar-refractivity contribution >= 4 is 0 Å². The van der Waals surface area contributed by atoms with E-state index in [2.05, 4.69) is 0 Å². The molecular weight excluding hydrogens is 231 g/mol. The van der Waals surface area contributed by atoms with E-state index in [-0.39, 0.29) is 0 Å². The van der Waals surface area contributed by atoms with Crippen molar-refractivity contribution in [1.82, 2.24) is 0 Å². The zero-order valence-corrected chi connectivity index (χ0v) is 9.58. The van der Waals surface area contributed by atoms with Gasteiger partial charge in [0.2, 0.25) is 0 Å². The first-order valence-electron chi connectivity index (χ1n) is 6.11. The first-order valence-corrected chi connectivity index (χ1v) is 6.11. The fraction of sp³-hybridized carbons (Fsp3) is 1.00. The molecule has 4 aliphatic rings. The number of aliphatic hydroxyl groups is 2. The molecular formula is C11H17FO5. The SMILES string of the molecule is CCCCC12OC3[C@H](O)[C@H](O1)C(F)[C@H](O2)[C@H]3O. The van der Waals surface area contributed by atoms with Crippen LogP contribution in [0.4, 0.5) is 4.39 Å². The van der Waals surface area contributed by atoms with E-state index in [0.717, 1.165) is 12.8 Å². The van der Waals surface area contributed by atoms with Crippen molar-refractivity contribution in [2.24, 2.45) is 0 Å². The minimum Gasteiger partial charge on any atom is -0.387 e. The van der Waals surface area contributed by atoms with Crippen molar-refractivity contribution in [1.29, 1.82) is 0 Å². The maximum atomic E-state index is 13.9. The van der Waals surface area contributed by atoms with Gasteiger partial charge in [-0.1, -0.05) is 13.3 Å². The minimum absolute atomic E-state index is 0.485. The molecule has 6 heteroatoms. The molecule has 0 radical (unpaired) electrons. The van der Waals surface area contributed by atoms with E-state index in [9.17, 15) is 14.6 Å². The number of rotatable bonds is 3. The van der Waals surface area contributed by atoms with Crippen LogP contribution in [0.1, 0.15) is 26.2 Å². The summed E-state index contributed by atoms with van der Waals surface area (Å²) in [4.78, 5) is 0. The summed E-state index contributed by atoms with van der Waals surface area (Å²) in [7, 11) is 0. The standard InChI is InChI=1S/C11H17FO5/c1-2-3-4-11-15-8-5(12)9(16-11)7(14)10(17-11)6(8)13/h5-10,13-14H,2-4H2,1H3/t5?,6-,7-,8-,9+,10?,11?/m1/s1. The summed E-state index contributed by atoms with van der Waals surface area (Å²) in [6, 6.07) is 0. The van der Waals surface area contributed by atoms with Crippen LogP contribution >= 0.6 is 0 Å². The van der Waals surface area contributed by atoms with E-state index < -0.39 is 42.7 Å². The summed E-state index contributed by atoms with van der Waals surface area (Å²) in [5, 5.41) is 19.6. The van der Waals surface area contributed by atoms with Crippen LogP contribution in [0.15, 0.2) is 0 Å². The van der Waals surface area contributed by atoms with Gasteiger partial charge >= 0.3 is 0 Å². The van der Waals surface area contributed by atoms with E-state index in [0.29, 0.717) is 6.42 Å². The maximum absolute atomic E-state index is 13.9. The summed E-state index contributed by atoms with van der Waals surface area (Å²) >= 11 is 0. The van der Waals surface area contributed by atoms with Crippen LogP contribution in [0.2, 0.25) is 0 Å². The van der Waals surface area contributed by atoms with Crippen molar-refractivity contribution in [3.63, 3.8) is 0 Å². The first-order chi connectivity index (χ1) is 8.08. The van der Waals surface area contributed by atoms with Gasteiger partial charge in [0.15, 0.2) is 6.17 Å². The Balaban J connectivity index is 1.85. The molecule has 0 amide bonds. The van der Waals surface area contributed by atoms with E-state index in [1.54, 1.807) is 0 Å². The summed E-state index contributed by atoms with van der Waals surface area (Å²) in [6.07, 6.45) is -4.24. The number of hydrogen-bond acceptors (Lipinski definition) is 5. The van der Waals surface area contributed by atoms with Gasteiger partial charge in [-0.05, 0) is 6.42 Å². The first kappa shape index (κ1) is 11.8. The van der Waals surface area contributed by atoms with Crippen LogP contribution in [-0.2, 0) is 14.2 Å². The Hall–Kier alpha value is -0.270. The Bertz CT molecular complexity index is 259. The zero-order chi connectivity index (χ0) is 12.2. The van der Waals surface area contributed by atoms with Gasteiger partial charge in [0.05, 0.1) is 0 Å². The van der Waals surface area contributed by atoms with Crippen LogP contribution < -0.4 is 0 Å². The second-order valence-corrected chi connectivity index (χ2v) is 4.96. The molecule has 1 aliphatic carbocycles. The molecule has 0 aromatic rings. The van der Waals surface area contributed by atoms with Gasteiger partial charge in [-0.15, -0.1) is 0 Å². The zero-order valence-electron chi connectivity index (χ0n) is 9.58. The molecule has 4 rings (SSSR count). The maximum Gasteiger partial charge on any atom is 0.284 e. The number of alkyl halides is 1. The van der Waals surface area contributed by atoms with Gasteiger partial charge in [0, 0.05) is 6.42 Å². The topological polar surface area (TPSA) is 68.2 Å². The van der Waals surface area contributed by atoms with Crippen molar-refractivity contribution in [3.8, 4) is 0 Å². The van der Waals surface area contributed by atoms with Gasteiger partial charge in [-0.2, -0.15) is 0 Å². The Kier molecular flexibility index (Phi) is 2.68. The molecule has 1 saturated carbocycles. The number of ether oxygens (including phenoxy) is 3. The summed E-state index contributed by atoms with van der Waals surface area (Å²) in [5.74, 6) is -1.27. The average molecular weight is 248 g/mol. The third kappa shape index (κ3) is 1.55. The van der Waals surface area contributed by atoms with Gasteiger partial charge in [0.25, 0.3) is 5.97 Å². The number of hydrogen-bond donors (Lipinski definition) is 2. The second kappa shape index (κ2) is 3.86. The molecule has 98 valence electrons. The highest BCUT2D eigenvalue weighted by Gasteiger charge is 2.67. The van der Waals surface area contributed by atoms with Crippen molar-refractivity contribution in [2.75, 3.05) is 0 Å². The van der Waals surface area contributed by atoms with Gasteiger partial charge < -0.3 is 24.4 Å². The Morgan fingerprint density at radius 1 is 1.06 bits per heavy atom. The summed E-state index contributed by atoms with van der Waals surface area (Å²) in [5.41, 5.74) is 0. The van der Waals surface area contributed by atoms with Crippen LogP contribution in [0.5, 0.6) is 0 Å². The van der Waals surface area contributed by atoms with Crippen molar-refractivity contribution in [3.05, 3.63) is 0 Å². The molecule has 0 aromatic heterocycles. The fourth-order valence-electron chi connectivity index (χ4n) is 2.82. The van der Waals surface area contributed by atoms with Gasteiger partial charge in [-0.25, -0.2) is 4.39 Å². The predicted octanol–water partition coefficient (Wildman–Crippen LogP) is 0.0867. The highest BCUT2D eigenvalue weighted by atomic mass is 19.1. The third-order valence-electron chi connectivity index (χ3n) is 3.76. The fourth-order valence-corrected chi connectivity index (χ4v) is 2.82. The quantitative estimate of drug-likeness (QED) is 0.740. The monoisotopic (exact) mass is 248 g/mol. The van der Waals surface area contributed by atoms with Crippen LogP contribution in [0, 0.1) is 0 Å². The van der Waals surface area contributed by atoms with Crippen LogP contribution in [0.3, 0.4) is 0 Å². The molecule has 2 N–H and O–H groups in total. The lowest BCUT2D eigenvalue weighted by Gasteiger charge is -2.59. The lowest BCUT2D eigenvalue weighted by Crippen LogP contribution is -2.78.